The van der Waals surface area contributed by atoms with Crippen LogP contribution in [0.15, 0.2) is 164 Å². The minimum absolute atomic E-state index is 0.0489. The lowest BCUT2D eigenvalue weighted by Gasteiger charge is -2.36. The molecule has 0 bridgehead atoms. The second kappa shape index (κ2) is 12.0. The Kier molecular flexibility index (Phi) is 7.65. The monoisotopic (exact) mass is 535 g/mol. The Bertz CT molecular complexity index is 1500. The fourth-order valence-corrected chi connectivity index (χ4v) is 5.25. The average molecular weight is 536 g/mol. The Morgan fingerprint density at radius 3 is 1.20 bits per heavy atom. The van der Waals surface area contributed by atoms with Gasteiger partial charge in [-0.15, -0.1) is 0 Å². The molecule has 0 aromatic heterocycles. The molecule has 5 aromatic rings. The zero-order valence-electron chi connectivity index (χ0n) is 22.7. The van der Waals surface area contributed by atoms with Gasteiger partial charge < -0.3 is 21.1 Å². The zero-order valence-corrected chi connectivity index (χ0v) is 22.7. The van der Waals surface area contributed by atoms with E-state index in [1.165, 1.54) is 0 Å². The van der Waals surface area contributed by atoms with E-state index in [0.29, 0.717) is 0 Å². The van der Waals surface area contributed by atoms with Crippen molar-refractivity contribution in [2.24, 2.45) is 5.92 Å². The van der Waals surface area contributed by atoms with Crippen LogP contribution in [0.1, 0.15) is 11.1 Å². The SMILES string of the molecule is OC(c1ccc(Nc2ccccc2)cc1)(c1ccc(Nc2ccccc2)cc1)C1C=CC(Nc2ccccc2)C=C1. The highest BCUT2D eigenvalue weighted by molar-refractivity contribution is 5.62. The molecule has 0 heterocycles. The van der Waals surface area contributed by atoms with Crippen molar-refractivity contribution >= 4 is 28.4 Å². The van der Waals surface area contributed by atoms with Gasteiger partial charge in [0.2, 0.25) is 0 Å². The third-order valence-electron chi connectivity index (χ3n) is 7.42. The van der Waals surface area contributed by atoms with Crippen LogP contribution in [0, 0.1) is 5.92 Å². The molecule has 202 valence electrons. The van der Waals surface area contributed by atoms with E-state index in [2.05, 4.69) is 52.4 Å². The molecule has 0 saturated heterocycles. The van der Waals surface area contributed by atoms with Gasteiger partial charge in [0.15, 0.2) is 0 Å². The van der Waals surface area contributed by atoms with Crippen LogP contribution in [0.25, 0.3) is 0 Å². The number of aliphatic hydroxyl groups is 1. The highest BCUT2D eigenvalue weighted by atomic mass is 16.3. The first kappa shape index (κ1) is 26.2. The minimum Gasteiger partial charge on any atom is -0.379 e. The van der Waals surface area contributed by atoms with Crippen LogP contribution in [0.2, 0.25) is 0 Å². The second-order valence-corrected chi connectivity index (χ2v) is 10.2. The standard InChI is InChI=1S/C37H33N3O/c41-37(28-16-22-34(23-17-28)38-31-10-4-1-5-11-31,29-18-24-35(25-19-29)39-32-12-6-2-7-13-32)30-20-26-36(27-21-30)40-33-14-8-3-9-15-33/h1-28,34,38-41H. The molecule has 4 nitrogen and oxygen atoms in total. The van der Waals surface area contributed by atoms with E-state index in [9.17, 15) is 5.11 Å². The largest absolute Gasteiger partial charge is 0.379 e. The normalized spacial score (nSPS) is 16.2. The highest BCUT2D eigenvalue weighted by Gasteiger charge is 2.38. The summed E-state index contributed by atoms with van der Waals surface area (Å²) in [7, 11) is 0. The van der Waals surface area contributed by atoms with Crippen LogP contribution in [-0.2, 0) is 5.60 Å². The van der Waals surface area contributed by atoms with E-state index in [4.69, 9.17) is 0 Å². The fraction of sp³-hybridized carbons (Fsp3) is 0.0811. The van der Waals surface area contributed by atoms with Gasteiger partial charge in [0, 0.05) is 34.4 Å². The Labute approximate surface area is 241 Å². The third-order valence-corrected chi connectivity index (χ3v) is 7.42. The maximum absolute atomic E-state index is 12.6. The molecule has 0 fully saturated rings. The van der Waals surface area contributed by atoms with E-state index >= 15 is 0 Å². The number of nitrogens with one attached hydrogen (secondary N) is 3. The first-order valence-electron chi connectivity index (χ1n) is 13.9. The molecule has 0 unspecified atom stereocenters. The molecule has 0 atom stereocenters. The van der Waals surface area contributed by atoms with Crippen LogP contribution in [0.3, 0.4) is 0 Å². The summed E-state index contributed by atoms with van der Waals surface area (Å²) >= 11 is 0. The lowest BCUT2D eigenvalue weighted by molar-refractivity contribution is 0.0534. The van der Waals surface area contributed by atoms with Crippen LogP contribution in [-0.4, -0.2) is 11.1 Å². The van der Waals surface area contributed by atoms with E-state index < -0.39 is 5.60 Å². The van der Waals surface area contributed by atoms with Crippen molar-refractivity contribution in [3.05, 3.63) is 175 Å². The molecular weight excluding hydrogens is 502 g/mol. The predicted molar refractivity (Wildman–Crippen MR) is 171 cm³/mol. The van der Waals surface area contributed by atoms with Gasteiger partial charge in [0.1, 0.15) is 5.60 Å². The van der Waals surface area contributed by atoms with E-state index in [-0.39, 0.29) is 12.0 Å². The molecule has 0 spiro atoms. The van der Waals surface area contributed by atoms with Crippen LogP contribution >= 0.6 is 0 Å². The van der Waals surface area contributed by atoms with Gasteiger partial charge in [-0.05, 0) is 71.8 Å². The van der Waals surface area contributed by atoms with Crippen LogP contribution in [0.5, 0.6) is 0 Å². The van der Waals surface area contributed by atoms with Gasteiger partial charge in [0.05, 0.1) is 6.04 Å². The number of hydrogen-bond acceptors (Lipinski definition) is 4. The number of para-hydroxylation sites is 3. The van der Waals surface area contributed by atoms with Gasteiger partial charge in [-0.3, -0.25) is 0 Å². The molecule has 6 rings (SSSR count). The average Bonchev–Trinajstić information content (AvgIpc) is 3.03. The summed E-state index contributed by atoms with van der Waals surface area (Å²) in [5, 5.41) is 22.9. The summed E-state index contributed by atoms with van der Waals surface area (Å²) in [6.07, 6.45) is 8.46. The molecule has 41 heavy (non-hydrogen) atoms. The Morgan fingerprint density at radius 1 is 0.415 bits per heavy atom. The molecular formula is C37H33N3O. The van der Waals surface area contributed by atoms with Gasteiger partial charge in [-0.25, -0.2) is 0 Å². The molecule has 0 saturated carbocycles. The maximum Gasteiger partial charge on any atom is 0.124 e. The minimum atomic E-state index is -1.26. The summed E-state index contributed by atoms with van der Waals surface area (Å²) in [4.78, 5) is 0. The number of benzene rings is 5. The lowest BCUT2D eigenvalue weighted by Crippen LogP contribution is -2.36. The van der Waals surface area contributed by atoms with Gasteiger partial charge in [-0.2, -0.15) is 0 Å². The van der Waals surface area contributed by atoms with E-state index in [1.807, 2.05) is 127 Å². The summed E-state index contributed by atoms with van der Waals surface area (Å²) in [5.41, 5.74) is 5.42. The molecule has 5 aromatic carbocycles. The Morgan fingerprint density at radius 2 is 0.780 bits per heavy atom. The van der Waals surface area contributed by atoms with E-state index in [0.717, 1.165) is 39.6 Å². The van der Waals surface area contributed by atoms with Crippen LogP contribution in [0.4, 0.5) is 28.4 Å². The number of hydrogen-bond donors (Lipinski definition) is 4. The topological polar surface area (TPSA) is 56.3 Å². The van der Waals surface area contributed by atoms with Gasteiger partial charge in [0.25, 0.3) is 0 Å². The van der Waals surface area contributed by atoms with E-state index in [1.54, 1.807) is 0 Å². The summed E-state index contributed by atoms with van der Waals surface area (Å²) in [6.45, 7) is 0. The number of rotatable bonds is 9. The predicted octanol–water partition coefficient (Wildman–Crippen LogP) is 8.63. The van der Waals surface area contributed by atoms with Crippen molar-refractivity contribution in [2.75, 3.05) is 16.0 Å². The van der Waals surface area contributed by atoms with Crippen molar-refractivity contribution in [3.8, 4) is 0 Å². The second-order valence-electron chi connectivity index (χ2n) is 10.2. The van der Waals surface area contributed by atoms with Crippen LogP contribution < -0.4 is 16.0 Å². The smallest absolute Gasteiger partial charge is 0.124 e. The lowest BCUT2D eigenvalue weighted by atomic mass is 9.74. The van der Waals surface area contributed by atoms with Crippen molar-refractivity contribution in [3.63, 3.8) is 0 Å². The third kappa shape index (κ3) is 6.08. The zero-order chi connectivity index (χ0) is 27.9. The molecule has 0 aliphatic heterocycles. The first-order chi connectivity index (χ1) is 20.2. The molecule has 1 aliphatic rings. The van der Waals surface area contributed by atoms with Crippen molar-refractivity contribution in [2.45, 2.75) is 11.6 Å². The quantitative estimate of drug-likeness (QED) is 0.143. The first-order valence-corrected chi connectivity index (χ1v) is 13.9. The van der Waals surface area contributed by atoms with Gasteiger partial charge in [-0.1, -0.05) is 103 Å². The maximum atomic E-state index is 12.6. The number of anilines is 5. The summed E-state index contributed by atoms with van der Waals surface area (Å²) in [6, 6.07) is 46.5. The van der Waals surface area contributed by atoms with Crippen molar-refractivity contribution in [1.82, 2.24) is 0 Å². The molecule has 4 heteroatoms. The Balaban J connectivity index is 1.29. The summed E-state index contributed by atoms with van der Waals surface area (Å²) < 4.78 is 0. The summed E-state index contributed by atoms with van der Waals surface area (Å²) in [5.74, 6) is -0.253. The van der Waals surface area contributed by atoms with Crippen molar-refractivity contribution in [1.29, 1.82) is 0 Å². The van der Waals surface area contributed by atoms with Gasteiger partial charge >= 0.3 is 0 Å². The highest BCUT2D eigenvalue weighted by Crippen LogP contribution is 2.41. The van der Waals surface area contributed by atoms with Crippen molar-refractivity contribution < 1.29 is 5.11 Å². The molecule has 1 aliphatic carbocycles. The molecule has 0 radical (unpaired) electrons. The molecule has 4 N–H and O–H groups in total. The Hall–Kier alpha value is -5.06. The molecule has 0 amide bonds. The fourth-order valence-electron chi connectivity index (χ4n) is 5.25.